The van der Waals surface area contributed by atoms with Gasteiger partial charge in [0.25, 0.3) is 5.91 Å². The maximum Gasteiger partial charge on any atom is 0.254 e. The molecule has 2 rings (SSSR count). The molecule has 0 atom stereocenters. The van der Waals surface area contributed by atoms with E-state index in [4.69, 9.17) is 4.74 Å². The van der Waals surface area contributed by atoms with Crippen molar-refractivity contribution in [2.75, 3.05) is 31.6 Å². The number of carbonyl (C=O) groups excluding carboxylic acids is 2. The molecule has 0 spiro atoms. The van der Waals surface area contributed by atoms with Crippen molar-refractivity contribution in [2.45, 2.75) is 27.7 Å². The molecule has 2 amide bonds. The lowest BCUT2D eigenvalue weighted by Gasteiger charge is -2.27. The summed E-state index contributed by atoms with van der Waals surface area (Å²) in [6.45, 7) is 10.5. The first-order valence-electron chi connectivity index (χ1n) is 8.24. The van der Waals surface area contributed by atoms with Gasteiger partial charge in [0.05, 0.1) is 13.2 Å². The van der Waals surface area contributed by atoms with E-state index in [1.807, 2.05) is 6.92 Å². The number of anilines is 1. The van der Waals surface area contributed by atoms with Gasteiger partial charge in [-0.1, -0.05) is 32.4 Å². The number of hydrogen-bond donors (Lipinski definition) is 1. The highest BCUT2D eigenvalue weighted by molar-refractivity contribution is 6.01. The van der Waals surface area contributed by atoms with Gasteiger partial charge in [0, 0.05) is 30.4 Å². The first kappa shape index (κ1) is 18.2. The highest BCUT2D eigenvalue weighted by Gasteiger charge is 2.19. The second kappa shape index (κ2) is 7.62. The molecular formula is C19H26N2O3. The number of nitrogens with one attached hydrogen (secondary N) is 1. The third kappa shape index (κ3) is 4.93. The van der Waals surface area contributed by atoms with E-state index in [2.05, 4.69) is 26.1 Å². The molecule has 24 heavy (non-hydrogen) atoms. The Hall–Kier alpha value is -2.14. The fraction of sp³-hybridized carbons (Fsp3) is 0.474. The fourth-order valence-corrected chi connectivity index (χ4v) is 2.27. The van der Waals surface area contributed by atoms with E-state index in [0.29, 0.717) is 37.6 Å². The van der Waals surface area contributed by atoms with Crippen LogP contribution in [0.2, 0.25) is 0 Å². The summed E-state index contributed by atoms with van der Waals surface area (Å²) in [5.74, 6) is -0.214. The largest absolute Gasteiger partial charge is 0.378 e. The van der Waals surface area contributed by atoms with E-state index in [0.717, 1.165) is 5.57 Å². The van der Waals surface area contributed by atoms with E-state index in [9.17, 15) is 9.59 Å². The minimum absolute atomic E-state index is 0.0317. The van der Waals surface area contributed by atoms with Gasteiger partial charge in [-0.15, -0.1) is 0 Å². The second-order valence-corrected chi connectivity index (χ2v) is 7.05. The number of morpholine rings is 1. The Morgan fingerprint density at radius 2 is 1.88 bits per heavy atom. The van der Waals surface area contributed by atoms with Crippen molar-refractivity contribution in [1.82, 2.24) is 4.90 Å². The number of rotatable bonds is 3. The molecule has 1 aromatic carbocycles. The summed E-state index contributed by atoms with van der Waals surface area (Å²) in [6, 6.07) is 7.05. The quantitative estimate of drug-likeness (QED) is 0.867. The molecule has 1 saturated heterocycles. The minimum atomic E-state index is -0.182. The molecule has 1 aromatic rings. The van der Waals surface area contributed by atoms with Crippen LogP contribution in [-0.4, -0.2) is 43.0 Å². The standard InChI is InChI=1S/C19H26N2O3/c1-14(19(2,3)4)12-17(22)20-16-7-5-6-15(13-16)18(23)21-8-10-24-11-9-21/h5-7,12-13H,8-11H2,1-4H3,(H,20,22)/b14-12+. The van der Waals surface area contributed by atoms with E-state index >= 15 is 0 Å². The molecule has 0 aliphatic carbocycles. The number of carbonyl (C=O) groups is 2. The first-order valence-corrected chi connectivity index (χ1v) is 8.24. The van der Waals surface area contributed by atoms with Gasteiger partial charge in [-0.25, -0.2) is 0 Å². The zero-order valence-electron chi connectivity index (χ0n) is 14.9. The zero-order valence-corrected chi connectivity index (χ0v) is 14.9. The van der Waals surface area contributed by atoms with Gasteiger partial charge in [0.2, 0.25) is 5.91 Å². The number of amides is 2. The molecule has 0 saturated carbocycles. The molecule has 5 nitrogen and oxygen atoms in total. The predicted molar refractivity (Wildman–Crippen MR) is 95.0 cm³/mol. The van der Waals surface area contributed by atoms with E-state index < -0.39 is 0 Å². The van der Waals surface area contributed by atoms with Crippen LogP contribution < -0.4 is 5.32 Å². The van der Waals surface area contributed by atoms with Crippen LogP contribution in [0.1, 0.15) is 38.1 Å². The first-order chi connectivity index (χ1) is 11.3. The Bertz CT molecular complexity index is 638. The molecule has 0 aromatic heterocycles. The highest BCUT2D eigenvalue weighted by Crippen LogP contribution is 2.24. The van der Waals surface area contributed by atoms with Crippen molar-refractivity contribution < 1.29 is 14.3 Å². The minimum Gasteiger partial charge on any atom is -0.378 e. The third-order valence-electron chi connectivity index (χ3n) is 4.21. The SMILES string of the molecule is C/C(=C\C(=O)Nc1cccc(C(=O)N2CCOCC2)c1)C(C)(C)C. The van der Waals surface area contributed by atoms with Crippen molar-refractivity contribution in [3.63, 3.8) is 0 Å². The molecule has 5 heteroatoms. The fourth-order valence-electron chi connectivity index (χ4n) is 2.27. The van der Waals surface area contributed by atoms with Crippen molar-refractivity contribution in [3.8, 4) is 0 Å². The molecule has 0 bridgehead atoms. The van der Waals surface area contributed by atoms with E-state index in [1.54, 1.807) is 35.2 Å². The summed E-state index contributed by atoms with van der Waals surface area (Å²) in [5.41, 5.74) is 2.15. The van der Waals surface area contributed by atoms with Crippen LogP contribution in [-0.2, 0) is 9.53 Å². The Morgan fingerprint density at radius 3 is 2.50 bits per heavy atom. The number of allylic oxidation sites excluding steroid dienone is 1. The second-order valence-electron chi connectivity index (χ2n) is 7.05. The molecule has 1 N–H and O–H groups in total. The zero-order chi connectivity index (χ0) is 17.7. The Kier molecular flexibility index (Phi) is 5.78. The van der Waals surface area contributed by atoms with Gasteiger partial charge in [-0.3, -0.25) is 9.59 Å². The molecule has 1 fully saturated rings. The summed E-state index contributed by atoms with van der Waals surface area (Å²) in [4.78, 5) is 26.4. The normalized spacial score (nSPS) is 16.0. The van der Waals surface area contributed by atoms with Gasteiger partial charge < -0.3 is 15.0 Å². The number of nitrogens with zero attached hydrogens (tertiary/aromatic N) is 1. The summed E-state index contributed by atoms with van der Waals surface area (Å²) in [5, 5.41) is 2.83. The number of ether oxygens (including phenoxy) is 1. The monoisotopic (exact) mass is 330 g/mol. The number of benzene rings is 1. The van der Waals surface area contributed by atoms with Gasteiger partial charge in [0.1, 0.15) is 0 Å². The van der Waals surface area contributed by atoms with Crippen LogP contribution in [0.15, 0.2) is 35.9 Å². The van der Waals surface area contributed by atoms with Crippen LogP contribution >= 0.6 is 0 Å². The average molecular weight is 330 g/mol. The Balaban J connectivity index is 2.07. The van der Waals surface area contributed by atoms with Gasteiger partial charge in [0.15, 0.2) is 0 Å². The van der Waals surface area contributed by atoms with E-state index in [1.165, 1.54) is 0 Å². The van der Waals surface area contributed by atoms with Crippen LogP contribution in [0.5, 0.6) is 0 Å². The smallest absolute Gasteiger partial charge is 0.254 e. The molecule has 0 radical (unpaired) electrons. The highest BCUT2D eigenvalue weighted by atomic mass is 16.5. The van der Waals surface area contributed by atoms with Crippen LogP contribution in [0.4, 0.5) is 5.69 Å². The molecule has 1 heterocycles. The van der Waals surface area contributed by atoms with Crippen molar-refractivity contribution >= 4 is 17.5 Å². The van der Waals surface area contributed by atoms with Crippen LogP contribution in [0.25, 0.3) is 0 Å². The molecule has 1 aliphatic heterocycles. The van der Waals surface area contributed by atoms with Crippen molar-refractivity contribution in [2.24, 2.45) is 5.41 Å². The molecule has 0 unspecified atom stereocenters. The topological polar surface area (TPSA) is 58.6 Å². The van der Waals surface area contributed by atoms with Crippen molar-refractivity contribution in [3.05, 3.63) is 41.5 Å². The van der Waals surface area contributed by atoms with E-state index in [-0.39, 0.29) is 17.2 Å². The Morgan fingerprint density at radius 1 is 1.21 bits per heavy atom. The van der Waals surface area contributed by atoms with Gasteiger partial charge in [-0.2, -0.15) is 0 Å². The van der Waals surface area contributed by atoms with Crippen molar-refractivity contribution in [1.29, 1.82) is 0 Å². The summed E-state index contributed by atoms with van der Waals surface area (Å²) in [7, 11) is 0. The Labute approximate surface area is 143 Å². The lowest BCUT2D eigenvalue weighted by molar-refractivity contribution is -0.112. The molecular weight excluding hydrogens is 304 g/mol. The van der Waals surface area contributed by atoms with Gasteiger partial charge in [-0.05, 0) is 30.5 Å². The van der Waals surface area contributed by atoms with Crippen LogP contribution in [0.3, 0.4) is 0 Å². The third-order valence-corrected chi connectivity index (χ3v) is 4.21. The molecule has 1 aliphatic rings. The van der Waals surface area contributed by atoms with Gasteiger partial charge >= 0.3 is 0 Å². The maximum absolute atomic E-state index is 12.5. The lowest BCUT2D eigenvalue weighted by atomic mass is 9.87. The summed E-state index contributed by atoms with van der Waals surface area (Å²) in [6.07, 6.45) is 1.61. The summed E-state index contributed by atoms with van der Waals surface area (Å²) < 4.78 is 5.27. The average Bonchev–Trinajstić information content (AvgIpc) is 2.54. The summed E-state index contributed by atoms with van der Waals surface area (Å²) >= 11 is 0. The predicted octanol–water partition coefficient (Wildman–Crippen LogP) is 3.09. The number of hydrogen-bond acceptors (Lipinski definition) is 3. The lowest BCUT2D eigenvalue weighted by Crippen LogP contribution is -2.40. The molecule has 130 valence electrons. The maximum atomic E-state index is 12.5. The van der Waals surface area contributed by atoms with Crippen LogP contribution in [0, 0.1) is 5.41 Å².